The number of hydrogen-bond donors (Lipinski definition) is 1. The van der Waals surface area contributed by atoms with Gasteiger partial charge in [-0.05, 0) is 30.0 Å². The van der Waals surface area contributed by atoms with Crippen LogP contribution in [0.5, 0.6) is 5.75 Å². The molecule has 0 saturated heterocycles. The third kappa shape index (κ3) is 5.62. The summed E-state index contributed by atoms with van der Waals surface area (Å²) in [5, 5.41) is 2.95. The monoisotopic (exact) mass is 355 g/mol. The highest BCUT2D eigenvalue weighted by molar-refractivity contribution is 5.94. The summed E-state index contributed by atoms with van der Waals surface area (Å²) in [6.07, 6.45) is 0.802. The molecule has 5 heteroatoms. The minimum Gasteiger partial charge on any atom is -0.496 e. The zero-order valence-corrected chi connectivity index (χ0v) is 15.4. The summed E-state index contributed by atoms with van der Waals surface area (Å²) in [6, 6.07) is 16.4. The topological polar surface area (TPSA) is 64.6 Å². The first-order valence-electron chi connectivity index (χ1n) is 8.65. The summed E-state index contributed by atoms with van der Waals surface area (Å²) in [5.74, 6) is -0.0861. The van der Waals surface area contributed by atoms with Crippen LogP contribution in [0.4, 0.5) is 0 Å². The third-order valence-corrected chi connectivity index (χ3v) is 3.91. The average Bonchev–Trinajstić information content (AvgIpc) is 2.66. The van der Waals surface area contributed by atoms with E-state index in [4.69, 9.17) is 9.47 Å². The molecule has 0 aromatic heterocycles. The van der Waals surface area contributed by atoms with Gasteiger partial charge in [-0.25, -0.2) is 4.79 Å². The number of hydrogen-bond acceptors (Lipinski definition) is 4. The Balaban J connectivity index is 1.96. The number of carbonyl (C=O) groups is 2. The Morgan fingerprint density at radius 1 is 1.00 bits per heavy atom. The molecule has 0 fully saturated rings. The standard InChI is InChI=1S/C21H25NO4/c1-15(2)13-18(16-9-5-4-6-10-16)22-20(23)14-26-21(24)17-11-7-8-12-19(17)25-3/h4-12,15,18H,13-14H2,1-3H3,(H,22,23)/t18-/m0/s1. The van der Waals surface area contributed by atoms with Gasteiger partial charge in [-0.2, -0.15) is 0 Å². The summed E-state index contributed by atoms with van der Waals surface area (Å²) >= 11 is 0. The van der Waals surface area contributed by atoms with E-state index in [1.165, 1.54) is 7.11 Å². The van der Waals surface area contributed by atoms with E-state index in [0.29, 0.717) is 17.2 Å². The highest BCUT2D eigenvalue weighted by atomic mass is 16.5. The van der Waals surface area contributed by atoms with Gasteiger partial charge < -0.3 is 14.8 Å². The third-order valence-electron chi connectivity index (χ3n) is 3.91. The predicted molar refractivity (Wildman–Crippen MR) is 100 cm³/mol. The molecule has 5 nitrogen and oxygen atoms in total. The lowest BCUT2D eigenvalue weighted by atomic mass is 9.97. The van der Waals surface area contributed by atoms with Crippen LogP contribution < -0.4 is 10.1 Å². The van der Waals surface area contributed by atoms with Gasteiger partial charge in [0.25, 0.3) is 5.91 Å². The smallest absolute Gasteiger partial charge is 0.342 e. The molecule has 2 aromatic carbocycles. The fraction of sp³-hybridized carbons (Fsp3) is 0.333. The van der Waals surface area contributed by atoms with Crippen molar-refractivity contribution in [3.05, 3.63) is 65.7 Å². The molecule has 1 N–H and O–H groups in total. The number of esters is 1. The number of para-hydroxylation sites is 1. The van der Waals surface area contributed by atoms with E-state index < -0.39 is 5.97 Å². The van der Waals surface area contributed by atoms with Gasteiger partial charge in [0.05, 0.1) is 13.2 Å². The van der Waals surface area contributed by atoms with Crippen LogP contribution in [0, 0.1) is 5.92 Å². The maximum atomic E-state index is 12.3. The summed E-state index contributed by atoms with van der Waals surface area (Å²) in [6.45, 7) is 3.87. The van der Waals surface area contributed by atoms with Crippen LogP contribution in [0.2, 0.25) is 0 Å². The van der Waals surface area contributed by atoms with E-state index in [2.05, 4.69) is 19.2 Å². The van der Waals surface area contributed by atoms with Crippen LogP contribution in [0.25, 0.3) is 0 Å². The Morgan fingerprint density at radius 3 is 2.31 bits per heavy atom. The number of benzene rings is 2. The maximum Gasteiger partial charge on any atom is 0.342 e. The molecule has 0 aliphatic rings. The number of amides is 1. The lowest BCUT2D eigenvalue weighted by Gasteiger charge is -2.21. The Bertz CT molecular complexity index is 728. The minimum atomic E-state index is -0.585. The molecule has 1 amide bonds. The van der Waals surface area contributed by atoms with Gasteiger partial charge in [0.1, 0.15) is 11.3 Å². The van der Waals surface area contributed by atoms with E-state index in [-0.39, 0.29) is 18.6 Å². The molecule has 26 heavy (non-hydrogen) atoms. The van der Waals surface area contributed by atoms with E-state index in [1.807, 2.05) is 30.3 Å². The number of rotatable bonds is 8. The Kier molecular flexibility index (Phi) is 7.21. The molecule has 0 saturated carbocycles. The van der Waals surface area contributed by atoms with Gasteiger partial charge in [-0.15, -0.1) is 0 Å². The van der Waals surface area contributed by atoms with Crippen LogP contribution in [-0.2, 0) is 9.53 Å². The highest BCUT2D eigenvalue weighted by Gasteiger charge is 2.18. The molecule has 0 bridgehead atoms. The SMILES string of the molecule is COc1ccccc1C(=O)OCC(=O)N[C@@H](CC(C)C)c1ccccc1. The zero-order chi connectivity index (χ0) is 18.9. The van der Waals surface area contributed by atoms with E-state index in [1.54, 1.807) is 24.3 Å². The van der Waals surface area contributed by atoms with Gasteiger partial charge in [0.2, 0.25) is 0 Å². The second kappa shape index (κ2) is 9.61. The van der Waals surface area contributed by atoms with E-state index in [9.17, 15) is 9.59 Å². The number of carbonyl (C=O) groups excluding carboxylic acids is 2. The second-order valence-corrected chi connectivity index (χ2v) is 6.44. The molecular formula is C21H25NO4. The largest absolute Gasteiger partial charge is 0.496 e. The molecule has 0 heterocycles. The second-order valence-electron chi connectivity index (χ2n) is 6.44. The molecule has 0 aliphatic heterocycles. The molecule has 2 aromatic rings. The molecular weight excluding hydrogens is 330 g/mol. The fourth-order valence-electron chi connectivity index (χ4n) is 2.69. The van der Waals surface area contributed by atoms with Gasteiger partial charge in [-0.1, -0.05) is 56.3 Å². The van der Waals surface area contributed by atoms with Gasteiger partial charge in [0.15, 0.2) is 6.61 Å². The first-order chi connectivity index (χ1) is 12.5. The molecule has 0 radical (unpaired) electrons. The Labute approximate surface area is 154 Å². The number of nitrogens with one attached hydrogen (secondary N) is 1. The van der Waals surface area contributed by atoms with Crippen LogP contribution in [0.1, 0.15) is 42.2 Å². The average molecular weight is 355 g/mol. The van der Waals surface area contributed by atoms with Crippen molar-refractivity contribution < 1.29 is 19.1 Å². The van der Waals surface area contributed by atoms with Crippen molar-refractivity contribution in [1.82, 2.24) is 5.32 Å². The Hall–Kier alpha value is -2.82. The van der Waals surface area contributed by atoms with Crippen LogP contribution >= 0.6 is 0 Å². The van der Waals surface area contributed by atoms with Gasteiger partial charge in [-0.3, -0.25) is 4.79 Å². The molecule has 0 spiro atoms. The first-order valence-corrected chi connectivity index (χ1v) is 8.65. The van der Waals surface area contributed by atoms with Gasteiger partial charge >= 0.3 is 5.97 Å². The summed E-state index contributed by atoms with van der Waals surface area (Å²) in [4.78, 5) is 24.5. The lowest BCUT2D eigenvalue weighted by Crippen LogP contribution is -2.33. The fourth-order valence-corrected chi connectivity index (χ4v) is 2.69. The molecule has 0 aliphatic carbocycles. The quantitative estimate of drug-likeness (QED) is 0.733. The molecule has 138 valence electrons. The maximum absolute atomic E-state index is 12.3. The molecule has 1 atom stereocenters. The summed E-state index contributed by atoms with van der Waals surface area (Å²) in [5.41, 5.74) is 1.33. The van der Waals surface area contributed by atoms with Crippen molar-refractivity contribution in [1.29, 1.82) is 0 Å². The number of ether oxygens (including phenoxy) is 2. The van der Waals surface area contributed by atoms with Crippen molar-refractivity contribution in [3.8, 4) is 5.75 Å². The van der Waals surface area contributed by atoms with Crippen molar-refractivity contribution in [2.45, 2.75) is 26.3 Å². The van der Waals surface area contributed by atoms with E-state index >= 15 is 0 Å². The van der Waals surface area contributed by atoms with Crippen LogP contribution in [0.15, 0.2) is 54.6 Å². The predicted octanol–water partition coefficient (Wildman–Crippen LogP) is 3.76. The van der Waals surface area contributed by atoms with Crippen molar-refractivity contribution in [3.63, 3.8) is 0 Å². The number of methoxy groups -OCH3 is 1. The normalized spacial score (nSPS) is 11.7. The molecule has 0 unspecified atom stereocenters. The minimum absolute atomic E-state index is 0.117. The van der Waals surface area contributed by atoms with E-state index in [0.717, 1.165) is 12.0 Å². The first kappa shape index (κ1) is 19.5. The zero-order valence-electron chi connectivity index (χ0n) is 15.4. The van der Waals surface area contributed by atoms with Crippen molar-refractivity contribution in [2.24, 2.45) is 5.92 Å². The van der Waals surface area contributed by atoms with Crippen LogP contribution in [-0.4, -0.2) is 25.6 Å². The summed E-state index contributed by atoms with van der Waals surface area (Å²) < 4.78 is 10.3. The van der Waals surface area contributed by atoms with Crippen LogP contribution in [0.3, 0.4) is 0 Å². The van der Waals surface area contributed by atoms with Crippen molar-refractivity contribution in [2.75, 3.05) is 13.7 Å². The van der Waals surface area contributed by atoms with Crippen molar-refractivity contribution >= 4 is 11.9 Å². The Morgan fingerprint density at radius 2 is 1.65 bits per heavy atom. The highest BCUT2D eigenvalue weighted by Crippen LogP contribution is 2.21. The van der Waals surface area contributed by atoms with Gasteiger partial charge in [0, 0.05) is 0 Å². The summed E-state index contributed by atoms with van der Waals surface area (Å²) in [7, 11) is 1.48. The molecule has 2 rings (SSSR count). The lowest BCUT2D eigenvalue weighted by molar-refractivity contribution is -0.125.